The number of rotatable bonds is 5. The molecule has 0 aliphatic rings. The summed E-state index contributed by atoms with van der Waals surface area (Å²) >= 11 is 0. The smallest absolute Gasteiger partial charge is 0.268 e. The predicted octanol–water partition coefficient (Wildman–Crippen LogP) is 2.11. The van der Waals surface area contributed by atoms with Crippen LogP contribution in [0.15, 0.2) is 53.4 Å². The molecule has 3 N–H and O–H groups in total. The number of nitrogens with two attached hydrogens (primary N) is 1. The molecule has 26 heavy (non-hydrogen) atoms. The second kappa shape index (κ2) is 6.93. The third kappa shape index (κ3) is 3.49. The highest BCUT2D eigenvalue weighted by atomic mass is 32.2. The topological polar surface area (TPSA) is 94.2 Å². The molecule has 0 saturated carbocycles. The van der Waals surface area contributed by atoms with E-state index in [-0.39, 0.29) is 10.8 Å². The zero-order valence-corrected chi connectivity index (χ0v) is 15.5. The number of hydrogen-bond donors (Lipinski definition) is 2. The van der Waals surface area contributed by atoms with Gasteiger partial charge >= 0.3 is 0 Å². The van der Waals surface area contributed by atoms with Crippen LogP contribution >= 0.6 is 0 Å². The lowest BCUT2D eigenvalue weighted by Gasteiger charge is -2.08. The minimum absolute atomic E-state index is 0.0800. The van der Waals surface area contributed by atoms with Crippen LogP contribution in [0.2, 0.25) is 0 Å². The molecule has 1 heterocycles. The zero-order chi connectivity index (χ0) is 18.9. The summed E-state index contributed by atoms with van der Waals surface area (Å²) in [4.78, 5) is 12.7. The Morgan fingerprint density at radius 1 is 1.12 bits per heavy atom. The summed E-state index contributed by atoms with van der Waals surface area (Å²) in [5.74, 6) is -0.123. The van der Waals surface area contributed by atoms with Crippen molar-refractivity contribution in [3.8, 4) is 0 Å². The largest absolute Gasteiger partial charge is 0.350 e. The van der Waals surface area contributed by atoms with Crippen LogP contribution in [0.1, 0.15) is 21.6 Å². The monoisotopic (exact) mass is 371 g/mol. The lowest BCUT2D eigenvalue weighted by molar-refractivity contribution is 0.0946. The Morgan fingerprint density at radius 3 is 2.38 bits per heavy atom. The van der Waals surface area contributed by atoms with Crippen molar-refractivity contribution in [3.05, 3.63) is 65.4 Å². The fourth-order valence-electron chi connectivity index (χ4n) is 3.16. The number of carbonyl (C=O) groups is 1. The molecule has 3 rings (SSSR count). The summed E-state index contributed by atoms with van der Waals surface area (Å²) in [5, 5.41) is 9.08. The number of sulfonamides is 1. The molecular weight excluding hydrogens is 350 g/mol. The Balaban J connectivity index is 1.68. The highest BCUT2D eigenvalue weighted by Crippen LogP contribution is 2.24. The van der Waals surface area contributed by atoms with Crippen LogP contribution in [0.4, 0.5) is 0 Å². The van der Waals surface area contributed by atoms with Gasteiger partial charge in [0, 0.05) is 24.5 Å². The number of fused-ring (bicyclic) bond motifs is 1. The molecule has 0 saturated heterocycles. The van der Waals surface area contributed by atoms with Gasteiger partial charge in [0.15, 0.2) is 0 Å². The highest BCUT2D eigenvalue weighted by Gasteiger charge is 2.17. The van der Waals surface area contributed by atoms with E-state index in [0.717, 1.165) is 22.0 Å². The number of nitrogens with zero attached hydrogens (tertiary/aromatic N) is 1. The number of amides is 1. The van der Waals surface area contributed by atoms with E-state index in [1.807, 2.05) is 42.8 Å². The van der Waals surface area contributed by atoms with E-state index in [0.29, 0.717) is 18.7 Å². The van der Waals surface area contributed by atoms with Crippen LogP contribution in [-0.4, -0.2) is 25.4 Å². The van der Waals surface area contributed by atoms with Gasteiger partial charge in [-0.3, -0.25) is 4.79 Å². The van der Waals surface area contributed by atoms with Gasteiger partial charge in [-0.15, -0.1) is 0 Å². The molecule has 7 heteroatoms. The predicted molar refractivity (Wildman–Crippen MR) is 102 cm³/mol. The molecule has 0 atom stereocenters. The van der Waals surface area contributed by atoms with Crippen LogP contribution in [0.3, 0.4) is 0 Å². The summed E-state index contributed by atoms with van der Waals surface area (Å²) < 4.78 is 24.4. The number of aromatic nitrogens is 1. The van der Waals surface area contributed by atoms with Crippen LogP contribution in [0, 0.1) is 6.92 Å². The molecule has 0 unspecified atom stereocenters. The SMILES string of the molecule is Cc1c(C(=O)NCCc2ccc(S(N)(=O)=O)cc2)n(C)c2ccccc12. The van der Waals surface area contributed by atoms with Crippen molar-refractivity contribution < 1.29 is 13.2 Å². The minimum Gasteiger partial charge on any atom is -0.350 e. The molecular formula is C19H21N3O3S. The summed E-state index contributed by atoms with van der Waals surface area (Å²) in [6.07, 6.45) is 0.597. The second-order valence-corrected chi connectivity index (χ2v) is 7.81. The van der Waals surface area contributed by atoms with Gasteiger partial charge in [-0.1, -0.05) is 30.3 Å². The second-order valence-electron chi connectivity index (χ2n) is 6.24. The van der Waals surface area contributed by atoms with Gasteiger partial charge in [-0.2, -0.15) is 0 Å². The van der Waals surface area contributed by atoms with Gasteiger partial charge in [-0.25, -0.2) is 13.6 Å². The Hall–Kier alpha value is -2.64. The molecule has 0 spiro atoms. The first-order valence-corrected chi connectivity index (χ1v) is 9.77. The molecule has 1 amide bonds. The van der Waals surface area contributed by atoms with E-state index in [9.17, 15) is 13.2 Å². The lowest BCUT2D eigenvalue weighted by atomic mass is 10.1. The normalized spacial score (nSPS) is 11.7. The average molecular weight is 371 g/mol. The molecule has 0 fully saturated rings. The maximum Gasteiger partial charge on any atom is 0.268 e. The molecule has 136 valence electrons. The average Bonchev–Trinajstić information content (AvgIpc) is 2.86. The molecule has 3 aromatic rings. The summed E-state index contributed by atoms with van der Waals surface area (Å²) in [6, 6.07) is 14.3. The van der Waals surface area contributed by atoms with Gasteiger partial charge in [0.1, 0.15) is 5.69 Å². The van der Waals surface area contributed by atoms with E-state index in [1.54, 1.807) is 12.1 Å². The third-order valence-corrected chi connectivity index (χ3v) is 5.46. The number of primary sulfonamides is 1. The van der Waals surface area contributed by atoms with Crippen molar-refractivity contribution in [2.24, 2.45) is 12.2 Å². The Kier molecular flexibility index (Phi) is 4.84. The van der Waals surface area contributed by atoms with Crippen molar-refractivity contribution in [2.45, 2.75) is 18.2 Å². The van der Waals surface area contributed by atoms with Gasteiger partial charge in [-0.05, 0) is 42.7 Å². The van der Waals surface area contributed by atoms with Crippen molar-refractivity contribution >= 4 is 26.8 Å². The first-order valence-electron chi connectivity index (χ1n) is 8.23. The Labute approximate surface area is 152 Å². The zero-order valence-electron chi connectivity index (χ0n) is 14.7. The van der Waals surface area contributed by atoms with Crippen molar-refractivity contribution in [3.63, 3.8) is 0 Å². The highest BCUT2D eigenvalue weighted by molar-refractivity contribution is 7.89. The third-order valence-electron chi connectivity index (χ3n) is 4.53. The summed E-state index contributed by atoms with van der Waals surface area (Å²) in [7, 11) is -1.80. The van der Waals surface area contributed by atoms with Crippen LogP contribution in [-0.2, 0) is 23.5 Å². The number of aryl methyl sites for hydroxylation is 2. The van der Waals surface area contributed by atoms with Crippen molar-refractivity contribution in [2.75, 3.05) is 6.54 Å². The van der Waals surface area contributed by atoms with E-state index >= 15 is 0 Å². The van der Waals surface area contributed by atoms with E-state index in [1.165, 1.54) is 12.1 Å². The van der Waals surface area contributed by atoms with Gasteiger partial charge < -0.3 is 9.88 Å². The summed E-state index contributed by atoms with van der Waals surface area (Å²) in [6.45, 7) is 2.40. The van der Waals surface area contributed by atoms with Gasteiger partial charge in [0.25, 0.3) is 5.91 Å². The Morgan fingerprint density at radius 2 is 1.77 bits per heavy atom. The van der Waals surface area contributed by atoms with Gasteiger partial charge in [0.05, 0.1) is 4.90 Å². The molecule has 0 radical (unpaired) electrons. The standard InChI is InChI=1S/C19H21N3O3S/c1-13-16-5-3-4-6-17(16)22(2)18(13)19(23)21-12-11-14-7-9-15(10-8-14)26(20,24)25/h3-10H,11-12H2,1-2H3,(H,21,23)(H2,20,24,25). The molecule has 2 aromatic carbocycles. The number of nitrogens with one attached hydrogen (secondary N) is 1. The lowest BCUT2D eigenvalue weighted by Crippen LogP contribution is -2.28. The van der Waals surface area contributed by atoms with Gasteiger partial charge in [0.2, 0.25) is 10.0 Å². The molecule has 6 nitrogen and oxygen atoms in total. The number of para-hydroxylation sites is 1. The fourth-order valence-corrected chi connectivity index (χ4v) is 3.67. The molecule has 0 aliphatic heterocycles. The van der Waals surface area contributed by atoms with E-state index < -0.39 is 10.0 Å². The number of benzene rings is 2. The van der Waals surface area contributed by atoms with Crippen LogP contribution in [0.5, 0.6) is 0 Å². The minimum atomic E-state index is -3.68. The van der Waals surface area contributed by atoms with E-state index in [2.05, 4.69) is 5.32 Å². The first-order chi connectivity index (χ1) is 12.3. The quantitative estimate of drug-likeness (QED) is 0.719. The van der Waals surface area contributed by atoms with E-state index in [4.69, 9.17) is 5.14 Å². The molecule has 0 bridgehead atoms. The Bertz CT molecular complexity index is 1030. The van der Waals surface area contributed by atoms with Crippen LogP contribution < -0.4 is 10.5 Å². The number of hydrogen-bond acceptors (Lipinski definition) is 3. The summed E-state index contributed by atoms with van der Waals surface area (Å²) in [5.41, 5.74) is 3.55. The van der Waals surface area contributed by atoms with Crippen LogP contribution in [0.25, 0.3) is 10.9 Å². The maximum absolute atomic E-state index is 12.6. The first kappa shape index (κ1) is 18.2. The number of carbonyl (C=O) groups excluding carboxylic acids is 1. The molecule has 1 aromatic heterocycles. The molecule has 0 aliphatic carbocycles. The maximum atomic E-state index is 12.6. The van der Waals surface area contributed by atoms with Crippen molar-refractivity contribution in [1.82, 2.24) is 9.88 Å². The fraction of sp³-hybridized carbons (Fsp3) is 0.211. The van der Waals surface area contributed by atoms with Crippen molar-refractivity contribution in [1.29, 1.82) is 0 Å².